The van der Waals surface area contributed by atoms with Crippen molar-refractivity contribution in [1.82, 2.24) is 9.88 Å². The lowest BCUT2D eigenvalue weighted by atomic mass is 10.3. The molecule has 1 N–H and O–H groups in total. The zero-order valence-corrected chi connectivity index (χ0v) is 11.8. The van der Waals surface area contributed by atoms with E-state index in [1.807, 2.05) is 13.8 Å². The summed E-state index contributed by atoms with van der Waals surface area (Å²) in [6, 6.07) is 4.57. The van der Waals surface area contributed by atoms with Gasteiger partial charge in [-0.3, -0.25) is 14.9 Å². The van der Waals surface area contributed by atoms with Crippen molar-refractivity contribution in [3.05, 3.63) is 28.3 Å². The summed E-state index contributed by atoms with van der Waals surface area (Å²) in [7, 11) is 0. The highest BCUT2D eigenvalue weighted by atomic mass is 16.6. The van der Waals surface area contributed by atoms with Crippen LogP contribution >= 0.6 is 0 Å². The Morgan fingerprint density at radius 2 is 2.14 bits per heavy atom. The second kappa shape index (κ2) is 6.21. The Hall–Kier alpha value is -2.64. The molecule has 1 heterocycles. The summed E-state index contributed by atoms with van der Waals surface area (Å²) >= 11 is 0. The van der Waals surface area contributed by atoms with Gasteiger partial charge in [-0.2, -0.15) is 4.98 Å². The Bertz CT molecular complexity index is 663. The minimum Gasteiger partial charge on any atom is -0.423 e. The number of benzene rings is 1. The molecule has 0 atom stereocenters. The van der Waals surface area contributed by atoms with Crippen molar-refractivity contribution in [1.29, 1.82) is 0 Å². The Morgan fingerprint density at radius 1 is 1.43 bits per heavy atom. The molecule has 0 saturated heterocycles. The number of nitrogens with zero attached hydrogens (tertiary/aromatic N) is 3. The summed E-state index contributed by atoms with van der Waals surface area (Å²) in [6.45, 7) is 5.06. The number of anilines is 1. The lowest BCUT2D eigenvalue weighted by Gasteiger charge is -2.18. The molecular weight excluding hydrogens is 276 g/mol. The molecule has 0 aliphatic heterocycles. The molecule has 1 aromatic heterocycles. The van der Waals surface area contributed by atoms with E-state index >= 15 is 0 Å². The van der Waals surface area contributed by atoms with E-state index in [4.69, 9.17) is 4.42 Å². The van der Waals surface area contributed by atoms with Crippen molar-refractivity contribution >= 4 is 28.7 Å². The number of rotatable bonds is 6. The third kappa shape index (κ3) is 3.10. The standard InChI is InChI=1S/C13H16N4O4/c1-3-16(4-2)11(18)8-14-13-15-12-9(17(19)20)6-5-7-10(12)21-13/h5-7H,3-4,8H2,1-2H3,(H,14,15). The fourth-order valence-corrected chi connectivity index (χ4v) is 2.00. The van der Waals surface area contributed by atoms with Crippen molar-refractivity contribution in [3.8, 4) is 0 Å². The Labute approximate surface area is 120 Å². The van der Waals surface area contributed by atoms with Crippen molar-refractivity contribution in [2.45, 2.75) is 13.8 Å². The van der Waals surface area contributed by atoms with Gasteiger partial charge >= 0.3 is 0 Å². The van der Waals surface area contributed by atoms with E-state index in [0.29, 0.717) is 18.7 Å². The van der Waals surface area contributed by atoms with E-state index in [9.17, 15) is 14.9 Å². The second-order valence-electron chi connectivity index (χ2n) is 4.32. The van der Waals surface area contributed by atoms with Crippen LogP contribution in [0, 0.1) is 10.1 Å². The van der Waals surface area contributed by atoms with E-state index in [-0.39, 0.29) is 29.7 Å². The van der Waals surface area contributed by atoms with Gasteiger partial charge in [0.15, 0.2) is 11.1 Å². The number of non-ortho nitro benzene ring substituents is 1. The molecule has 8 heteroatoms. The molecule has 0 unspecified atom stereocenters. The molecule has 1 amide bonds. The number of hydrogen-bond donors (Lipinski definition) is 1. The monoisotopic (exact) mass is 292 g/mol. The number of carbonyl (C=O) groups is 1. The van der Waals surface area contributed by atoms with Gasteiger partial charge in [-0.15, -0.1) is 0 Å². The maximum Gasteiger partial charge on any atom is 0.298 e. The van der Waals surface area contributed by atoms with Crippen LogP contribution < -0.4 is 5.32 Å². The average Bonchev–Trinajstić information content (AvgIpc) is 2.88. The van der Waals surface area contributed by atoms with Crippen LogP contribution in [0.2, 0.25) is 0 Å². The lowest BCUT2D eigenvalue weighted by Crippen LogP contribution is -2.35. The molecule has 2 aromatic rings. The van der Waals surface area contributed by atoms with Crippen LogP contribution in [0.5, 0.6) is 0 Å². The molecule has 112 valence electrons. The molecule has 0 radical (unpaired) electrons. The van der Waals surface area contributed by atoms with Gasteiger partial charge in [0.2, 0.25) is 5.91 Å². The maximum absolute atomic E-state index is 11.9. The van der Waals surface area contributed by atoms with E-state index in [1.54, 1.807) is 11.0 Å². The molecule has 8 nitrogen and oxygen atoms in total. The number of aromatic nitrogens is 1. The van der Waals surface area contributed by atoms with Gasteiger partial charge in [0.25, 0.3) is 11.7 Å². The molecule has 0 aliphatic carbocycles. The quantitative estimate of drug-likeness (QED) is 0.645. The predicted molar refractivity (Wildman–Crippen MR) is 77.1 cm³/mol. The summed E-state index contributed by atoms with van der Waals surface area (Å²) < 4.78 is 5.36. The zero-order valence-electron chi connectivity index (χ0n) is 11.8. The molecule has 1 aromatic carbocycles. The van der Waals surface area contributed by atoms with Crippen LogP contribution in [-0.2, 0) is 4.79 Å². The van der Waals surface area contributed by atoms with Gasteiger partial charge in [-0.25, -0.2) is 0 Å². The van der Waals surface area contributed by atoms with Crippen LogP contribution in [0.3, 0.4) is 0 Å². The number of nitro groups is 1. The predicted octanol–water partition coefficient (Wildman–Crippen LogP) is 2.02. The summed E-state index contributed by atoms with van der Waals surface area (Å²) in [6.07, 6.45) is 0. The van der Waals surface area contributed by atoms with E-state index in [1.165, 1.54) is 12.1 Å². The number of fused-ring (bicyclic) bond motifs is 1. The van der Waals surface area contributed by atoms with E-state index in [2.05, 4.69) is 10.3 Å². The zero-order chi connectivity index (χ0) is 15.4. The third-order valence-corrected chi connectivity index (χ3v) is 3.10. The highest BCUT2D eigenvalue weighted by Gasteiger charge is 2.18. The number of hydrogen-bond acceptors (Lipinski definition) is 6. The first kappa shape index (κ1) is 14.8. The molecule has 21 heavy (non-hydrogen) atoms. The summed E-state index contributed by atoms with van der Waals surface area (Å²) in [5.41, 5.74) is 0.349. The van der Waals surface area contributed by atoms with Gasteiger partial charge in [0.1, 0.15) is 0 Å². The van der Waals surface area contributed by atoms with Gasteiger partial charge in [-0.05, 0) is 19.9 Å². The molecule has 0 bridgehead atoms. The van der Waals surface area contributed by atoms with Crippen molar-refractivity contribution < 1.29 is 14.1 Å². The lowest BCUT2D eigenvalue weighted by molar-refractivity contribution is -0.383. The molecule has 0 saturated carbocycles. The SMILES string of the molecule is CCN(CC)C(=O)CNc1nc2c([N+](=O)[O-])cccc2o1. The number of nitrogens with one attached hydrogen (secondary N) is 1. The number of carbonyl (C=O) groups excluding carboxylic acids is 1. The highest BCUT2D eigenvalue weighted by Crippen LogP contribution is 2.27. The Balaban J connectivity index is 2.15. The molecule has 0 spiro atoms. The maximum atomic E-state index is 11.9. The molecule has 2 rings (SSSR count). The number of oxazole rings is 1. The van der Waals surface area contributed by atoms with Crippen molar-refractivity contribution in [2.75, 3.05) is 25.0 Å². The third-order valence-electron chi connectivity index (χ3n) is 3.10. The van der Waals surface area contributed by atoms with Gasteiger partial charge in [0.05, 0.1) is 11.5 Å². The first-order valence-corrected chi connectivity index (χ1v) is 6.62. The van der Waals surface area contributed by atoms with E-state index < -0.39 is 4.92 Å². The number of nitro benzene ring substituents is 1. The highest BCUT2D eigenvalue weighted by molar-refractivity contribution is 5.85. The first-order chi connectivity index (χ1) is 10.1. The van der Waals surface area contributed by atoms with Crippen LogP contribution in [0.4, 0.5) is 11.7 Å². The second-order valence-corrected chi connectivity index (χ2v) is 4.32. The minimum atomic E-state index is -0.518. The van der Waals surface area contributed by atoms with Crippen LogP contribution in [0.15, 0.2) is 22.6 Å². The Morgan fingerprint density at radius 3 is 2.76 bits per heavy atom. The topological polar surface area (TPSA) is 102 Å². The number of para-hydroxylation sites is 1. The summed E-state index contributed by atoms with van der Waals surface area (Å²) in [5, 5.41) is 13.7. The van der Waals surface area contributed by atoms with Crippen molar-refractivity contribution in [2.24, 2.45) is 0 Å². The fraction of sp³-hybridized carbons (Fsp3) is 0.385. The average molecular weight is 292 g/mol. The van der Waals surface area contributed by atoms with Crippen LogP contribution in [0.1, 0.15) is 13.8 Å². The smallest absolute Gasteiger partial charge is 0.298 e. The summed E-state index contributed by atoms with van der Waals surface area (Å²) in [5.74, 6) is -0.0863. The minimum absolute atomic E-state index is 0.0301. The first-order valence-electron chi connectivity index (χ1n) is 6.62. The normalized spacial score (nSPS) is 10.6. The van der Waals surface area contributed by atoms with Crippen LogP contribution in [-0.4, -0.2) is 40.3 Å². The number of likely N-dealkylation sites (N-methyl/N-ethyl adjacent to an activating group) is 1. The van der Waals surface area contributed by atoms with E-state index in [0.717, 1.165) is 0 Å². The largest absolute Gasteiger partial charge is 0.423 e. The van der Waals surface area contributed by atoms with Crippen molar-refractivity contribution in [3.63, 3.8) is 0 Å². The fourth-order valence-electron chi connectivity index (χ4n) is 2.00. The molecule has 0 fully saturated rings. The Kier molecular flexibility index (Phi) is 4.36. The molecular formula is C13H16N4O4. The summed E-state index contributed by atoms with van der Waals surface area (Å²) in [4.78, 5) is 27.9. The molecule has 0 aliphatic rings. The number of amides is 1. The van der Waals surface area contributed by atoms with Gasteiger partial charge in [0, 0.05) is 19.2 Å². The van der Waals surface area contributed by atoms with Gasteiger partial charge < -0.3 is 14.6 Å². The van der Waals surface area contributed by atoms with Crippen LogP contribution in [0.25, 0.3) is 11.1 Å². The van der Waals surface area contributed by atoms with Gasteiger partial charge in [-0.1, -0.05) is 6.07 Å².